The summed E-state index contributed by atoms with van der Waals surface area (Å²) in [5, 5.41) is 10.0. The van der Waals surface area contributed by atoms with E-state index in [-0.39, 0.29) is 5.76 Å². The number of aryl methyl sites for hydroxylation is 1. The number of nitrogens with zero attached hydrogens (tertiary/aromatic N) is 2. The number of carbonyl (C=O) groups is 1. The fourth-order valence-electron chi connectivity index (χ4n) is 2.76. The van der Waals surface area contributed by atoms with Crippen LogP contribution >= 0.6 is 0 Å². The molecule has 5 nitrogen and oxygen atoms in total. The molecule has 1 aliphatic rings. The number of hydrogen-bond acceptors (Lipinski definition) is 3. The Morgan fingerprint density at radius 1 is 1.43 bits per heavy atom. The molecule has 0 atom stereocenters. The number of aromatic nitrogens is 2. The predicted octanol–water partition coefficient (Wildman–Crippen LogP) is 3.50. The minimum absolute atomic E-state index is 0.0000170. The Morgan fingerprint density at radius 2 is 2.24 bits per heavy atom. The zero-order valence-corrected chi connectivity index (χ0v) is 11.5. The van der Waals surface area contributed by atoms with Gasteiger partial charge in [0.2, 0.25) is 5.76 Å². The summed E-state index contributed by atoms with van der Waals surface area (Å²) in [6, 6.07) is 5.61. The van der Waals surface area contributed by atoms with Gasteiger partial charge < -0.3 is 14.1 Å². The number of imidazole rings is 1. The largest absolute Gasteiger partial charge is 0.475 e. The molecule has 2 aromatic heterocycles. The third-order valence-corrected chi connectivity index (χ3v) is 4.00. The Labute approximate surface area is 120 Å². The molecular weight excluding hydrogens is 268 g/mol. The molecule has 0 spiro atoms. The summed E-state index contributed by atoms with van der Waals surface area (Å²) in [5.41, 5.74) is 3.24. The second-order valence-corrected chi connectivity index (χ2v) is 5.49. The van der Waals surface area contributed by atoms with E-state index in [1.807, 2.05) is 22.9 Å². The van der Waals surface area contributed by atoms with Gasteiger partial charge in [-0.3, -0.25) is 0 Å². The number of aromatic carboxylic acids is 1. The van der Waals surface area contributed by atoms with Crippen LogP contribution in [0.5, 0.6) is 0 Å². The van der Waals surface area contributed by atoms with Crippen LogP contribution in [-0.4, -0.2) is 20.6 Å². The fourth-order valence-corrected chi connectivity index (χ4v) is 2.76. The fraction of sp³-hybridized carbons (Fsp3) is 0.250. The van der Waals surface area contributed by atoms with Crippen LogP contribution in [-0.2, 0) is 0 Å². The molecule has 1 N–H and O–H groups in total. The lowest BCUT2D eigenvalue weighted by molar-refractivity contribution is 0.0664. The van der Waals surface area contributed by atoms with Crippen molar-refractivity contribution in [2.24, 2.45) is 0 Å². The molecule has 21 heavy (non-hydrogen) atoms. The summed E-state index contributed by atoms with van der Waals surface area (Å²) >= 11 is 0. The van der Waals surface area contributed by atoms with Gasteiger partial charge in [0.15, 0.2) is 0 Å². The van der Waals surface area contributed by atoms with Crippen molar-refractivity contribution < 1.29 is 14.3 Å². The van der Waals surface area contributed by atoms with Crippen LogP contribution in [0.1, 0.15) is 40.6 Å². The summed E-state index contributed by atoms with van der Waals surface area (Å²) < 4.78 is 7.40. The molecule has 106 valence electrons. The first-order valence-corrected chi connectivity index (χ1v) is 6.95. The molecule has 0 aliphatic heterocycles. The first-order valence-electron chi connectivity index (χ1n) is 6.95. The first-order chi connectivity index (χ1) is 10.1. The van der Waals surface area contributed by atoms with E-state index in [2.05, 4.69) is 4.98 Å². The highest BCUT2D eigenvalue weighted by Crippen LogP contribution is 2.39. The molecule has 1 fully saturated rings. The molecule has 1 aliphatic carbocycles. The van der Waals surface area contributed by atoms with E-state index in [0.29, 0.717) is 17.1 Å². The number of fused-ring (bicyclic) bond motifs is 1. The third-order valence-electron chi connectivity index (χ3n) is 4.00. The molecule has 4 rings (SSSR count). The summed E-state index contributed by atoms with van der Waals surface area (Å²) in [6.45, 7) is 1.78. The van der Waals surface area contributed by atoms with Crippen LogP contribution < -0.4 is 0 Å². The van der Waals surface area contributed by atoms with Gasteiger partial charge in [0.1, 0.15) is 5.58 Å². The minimum atomic E-state index is -1.04. The highest BCUT2D eigenvalue weighted by atomic mass is 16.4. The van der Waals surface area contributed by atoms with Gasteiger partial charge >= 0.3 is 5.97 Å². The van der Waals surface area contributed by atoms with E-state index < -0.39 is 5.97 Å². The summed E-state index contributed by atoms with van der Waals surface area (Å²) in [5.74, 6) is -0.454. The van der Waals surface area contributed by atoms with E-state index in [1.165, 1.54) is 12.8 Å². The van der Waals surface area contributed by atoms with Crippen LogP contribution in [0, 0.1) is 6.92 Å². The average molecular weight is 282 g/mol. The topological polar surface area (TPSA) is 68.3 Å². The molecule has 1 saturated carbocycles. The van der Waals surface area contributed by atoms with E-state index in [0.717, 1.165) is 16.8 Å². The average Bonchev–Trinajstić information content (AvgIpc) is 3.10. The molecule has 0 radical (unpaired) electrons. The highest BCUT2D eigenvalue weighted by Gasteiger charge is 2.26. The molecule has 0 amide bonds. The molecule has 0 saturated heterocycles. The number of benzene rings is 1. The Kier molecular flexibility index (Phi) is 2.45. The van der Waals surface area contributed by atoms with Crippen molar-refractivity contribution in [2.45, 2.75) is 25.7 Å². The van der Waals surface area contributed by atoms with Gasteiger partial charge in [-0.05, 0) is 31.9 Å². The predicted molar refractivity (Wildman–Crippen MR) is 77.0 cm³/mol. The van der Waals surface area contributed by atoms with Gasteiger partial charge in [0.05, 0.1) is 17.7 Å². The highest BCUT2D eigenvalue weighted by molar-refractivity contribution is 5.98. The van der Waals surface area contributed by atoms with Crippen LogP contribution in [0.15, 0.2) is 35.1 Å². The van der Waals surface area contributed by atoms with E-state index in [4.69, 9.17) is 4.42 Å². The lowest BCUT2D eigenvalue weighted by Crippen LogP contribution is -1.96. The first kappa shape index (κ1) is 12.2. The van der Waals surface area contributed by atoms with Crippen molar-refractivity contribution in [3.8, 4) is 5.69 Å². The molecule has 3 aromatic rings. The van der Waals surface area contributed by atoms with Crippen molar-refractivity contribution in [1.29, 1.82) is 0 Å². The molecular formula is C16H14N2O3. The van der Waals surface area contributed by atoms with Crippen LogP contribution in [0.4, 0.5) is 0 Å². The van der Waals surface area contributed by atoms with Crippen LogP contribution in [0.3, 0.4) is 0 Å². The van der Waals surface area contributed by atoms with Gasteiger partial charge in [-0.15, -0.1) is 0 Å². The smallest absolute Gasteiger partial charge is 0.372 e. The van der Waals surface area contributed by atoms with Gasteiger partial charge in [-0.2, -0.15) is 0 Å². The summed E-state index contributed by atoms with van der Waals surface area (Å²) in [6.07, 6.45) is 6.22. The third kappa shape index (κ3) is 1.85. The molecule has 5 heteroatoms. The molecule has 2 heterocycles. The number of carboxylic acids is 1. The quantitative estimate of drug-likeness (QED) is 0.798. The summed E-state index contributed by atoms with van der Waals surface area (Å²) in [7, 11) is 0. The van der Waals surface area contributed by atoms with Gasteiger partial charge in [0, 0.05) is 23.1 Å². The SMILES string of the molecule is Cc1c(C(=O)O)oc2cccc(-n3cnc(C4CC4)c3)c12. The van der Waals surface area contributed by atoms with Gasteiger partial charge in [-0.25, -0.2) is 9.78 Å². The lowest BCUT2D eigenvalue weighted by Gasteiger charge is -2.04. The summed E-state index contributed by atoms with van der Waals surface area (Å²) in [4.78, 5) is 15.7. The van der Waals surface area contributed by atoms with E-state index in [9.17, 15) is 9.90 Å². The normalized spacial score (nSPS) is 14.7. The second kappa shape index (κ2) is 4.22. The lowest BCUT2D eigenvalue weighted by atomic mass is 10.1. The number of carboxylic acid groups (broad SMARTS) is 1. The van der Waals surface area contributed by atoms with Crippen molar-refractivity contribution >= 4 is 16.9 Å². The maximum Gasteiger partial charge on any atom is 0.372 e. The minimum Gasteiger partial charge on any atom is -0.475 e. The zero-order valence-electron chi connectivity index (χ0n) is 11.5. The van der Waals surface area contributed by atoms with Gasteiger partial charge in [-0.1, -0.05) is 6.07 Å². The van der Waals surface area contributed by atoms with Crippen molar-refractivity contribution in [3.63, 3.8) is 0 Å². The van der Waals surface area contributed by atoms with Crippen molar-refractivity contribution in [2.75, 3.05) is 0 Å². The Morgan fingerprint density at radius 3 is 2.95 bits per heavy atom. The number of furan rings is 1. The van der Waals surface area contributed by atoms with Gasteiger partial charge in [0.25, 0.3) is 0 Å². The van der Waals surface area contributed by atoms with E-state index in [1.54, 1.807) is 19.3 Å². The maximum absolute atomic E-state index is 11.2. The Bertz CT molecular complexity index is 856. The van der Waals surface area contributed by atoms with Crippen LogP contribution in [0.25, 0.3) is 16.7 Å². The van der Waals surface area contributed by atoms with E-state index >= 15 is 0 Å². The molecule has 1 aromatic carbocycles. The standard InChI is InChI=1S/C16H14N2O3/c1-9-14-12(18-7-11(17-8-18)10-5-6-10)3-2-4-13(14)21-15(9)16(19)20/h2-4,7-8,10H,5-6H2,1H3,(H,19,20). The second-order valence-electron chi connectivity index (χ2n) is 5.49. The Balaban J connectivity index is 1.92. The number of hydrogen-bond donors (Lipinski definition) is 1. The van der Waals surface area contributed by atoms with Crippen molar-refractivity contribution in [1.82, 2.24) is 9.55 Å². The zero-order chi connectivity index (χ0) is 14.6. The molecule has 0 bridgehead atoms. The van der Waals surface area contributed by atoms with Crippen LogP contribution in [0.2, 0.25) is 0 Å². The maximum atomic E-state index is 11.2. The Hall–Kier alpha value is -2.56. The monoisotopic (exact) mass is 282 g/mol. The van der Waals surface area contributed by atoms with Crippen molar-refractivity contribution in [3.05, 3.63) is 47.7 Å². The molecule has 0 unspecified atom stereocenters. The number of rotatable bonds is 3.